The van der Waals surface area contributed by atoms with Crippen molar-refractivity contribution in [1.82, 2.24) is 4.98 Å². The van der Waals surface area contributed by atoms with Crippen LogP contribution < -0.4 is 10.5 Å². The molecule has 2 N–H and O–H groups in total. The van der Waals surface area contributed by atoms with E-state index in [4.69, 9.17) is 22.7 Å². The lowest BCUT2D eigenvalue weighted by molar-refractivity contribution is 0.449. The topological polar surface area (TPSA) is 48.1 Å². The van der Waals surface area contributed by atoms with Crippen LogP contribution in [0.15, 0.2) is 30.3 Å². The van der Waals surface area contributed by atoms with Crippen LogP contribution in [0, 0.1) is 18.6 Å². The van der Waals surface area contributed by atoms with Crippen LogP contribution in [0.5, 0.6) is 11.6 Å². The van der Waals surface area contributed by atoms with Crippen LogP contribution in [-0.2, 0) is 0 Å². The molecular weight excluding hydrogens is 270 g/mol. The van der Waals surface area contributed by atoms with E-state index in [1.165, 1.54) is 0 Å². The SMILES string of the molecule is Cc1ccc(C(N)=S)c(Oc2cc(F)cc(F)c2)n1. The number of ether oxygens (including phenoxy) is 1. The van der Waals surface area contributed by atoms with Crippen molar-refractivity contribution in [2.45, 2.75) is 6.92 Å². The monoisotopic (exact) mass is 280 g/mol. The van der Waals surface area contributed by atoms with Gasteiger partial charge < -0.3 is 10.5 Å². The van der Waals surface area contributed by atoms with Crippen molar-refractivity contribution in [2.75, 3.05) is 0 Å². The number of thiocarbonyl (C=S) groups is 1. The molecule has 1 aromatic heterocycles. The van der Waals surface area contributed by atoms with Crippen LogP contribution in [0.25, 0.3) is 0 Å². The zero-order valence-electron chi connectivity index (χ0n) is 9.98. The number of aryl methyl sites for hydroxylation is 1. The first kappa shape index (κ1) is 13.4. The Labute approximate surface area is 114 Å². The molecule has 0 aliphatic rings. The van der Waals surface area contributed by atoms with Gasteiger partial charge in [0.25, 0.3) is 0 Å². The van der Waals surface area contributed by atoms with Gasteiger partial charge in [0.2, 0.25) is 5.88 Å². The lowest BCUT2D eigenvalue weighted by atomic mass is 10.2. The Kier molecular flexibility index (Phi) is 3.71. The first-order valence-corrected chi connectivity index (χ1v) is 5.78. The maximum absolute atomic E-state index is 13.1. The Morgan fingerprint density at radius 1 is 1.21 bits per heavy atom. The fourth-order valence-electron chi connectivity index (χ4n) is 1.50. The van der Waals surface area contributed by atoms with E-state index in [1.807, 2.05) is 0 Å². The molecule has 0 saturated carbocycles. The molecule has 0 aliphatic carbocycles. The maximum Gasteiger partial charge on any atom is 0.229 e. The van der Waals surface area contributed by atoms with Gasteiger partial charge in [-0.15, -0.1) is 0 Å². The maximum atomic E-state index is 13.1. The van der Waals surface area contributed by atoms with Crippen molar-refractivity contribution in [2.24, 2.45) is 5.73 Å². The quantitative estimate of drug-likeness (QED) is 0.878. The van der Waals surface area contributed by atoms with Crippen molar-refractivity contribution in [3.8, 4) is 11.6 Å². The number of aromatic nitrogens is 1. The third-order valence-corrected chi connectivity index (χ3v) is 2.54. The van der Waals surface area contributed by atoms with Gasteiger partial charge in [0.05, 0.1) is 5.56 Å². The van der Waals surface area contributed by atoms with E-state index >= 15 is 0 Å². The van der Waals surface area contributed by atoms with Crippen molar-refractivity contribution in [3.05, 3.63) is 53.2 Å². The molecule has 19 heavy (non-hydrogen) atoms. The molecule has 6 heteroatoms. The molecule has 0 fully saturated rings. The number of rotatable bonds is 3. The van der Waals surface area contributed by atoms with E-state index in [1.54, 1.807) is 19.1 Å². The molecule has 0 amide bonds. The molecule has 0 spiro atoms. The lowest BCUT2D eigenvalue weighted by Crippen LogP contribution is -2.12. The van der Waals surface area contributed by atoms with Gasteiger partial charge in [-0.3, -0.25) is 0 Å². The van der Waals surface area contributed by atoms with E-state index in [2.05, 4.69) is 4.98 Å². The largest absolute Gasteiger partial charge is 0.438 e. The second-order valence-electron chi connectivity index (χ2n) is 3.88. The lowest BCUT2D eigenvalue weighted by Gasteiger charge is -2.10. The number of halogens is 2. The molecular formula is C13H10F2N2OS. The average molecular weight is 280 g/mol. The van der Waals surface area contributed by atoms with Gasteiger partial charge in [-0.1, -0.05) is 12.2 Å². The summed E-state index contributed by atoms with van der Waals surface area (Å²) >= 11 is 4.87. The summed E-state index contributed by atoms with van der Waals surface area (Å²) in [5, 5.41) is 0. The number of pyridine rings is 1. The van der Waals surface area contributed by atoms with Gasteiger partial charge in [0.1, 0.15) is 22.4 Å². The molecule has 0 saturated heterocycles. The number of nitrogens with zero attached hydrogens (tertiary/aromatic N) is 1. The summed E-state index contributed by atoms with van der Waals surface area (Å²) in [7, 11) is 0. The fourth-order valence-corrected chi connectivity index (χ4v) is 1.65. The minimum absolute atomic E-state index is 0.00639. The van der Waals surface area contributed by atoms with E-state index in [-0.39, 0.29) is 16.6 Å². The van der Waals surface area contributed by atoms with E-state index in [0.29, 0.717) is 11.3 Å². The van der Waals surface area contributed by atoms with Gasteiger partial charge in [0, 0.05) is 23.9 Å². The Bertz CT molecular complexity index is 626. The Balaban J connectivity index is 2.42. The molecule has 0 unspecified atom stereocenters. The summed E-state index contributed by atoms with van der Waals surface area (Å²) in [5.41, 5.74) is 6.62. The predicted octanol–water partition coefficient (Wildman–Crippen LogP) is 3.09. The number of hydrogen-bond donors (Lipinski definition) is 1. The third-order valence-electron chi connectivity index (χ3n) is 2.32. The minimum atomic E-state index is -0.737. The molecule has 0 atom stereocenters. The summed E-state index contributed by atoms with van der Waals surface area (Å²) in [5.74, 6) is -1.36. The average Bonchev–Trinajstić information content (AvgIpc) is 2.26. The Morgan fingerprint density at radius 3 is 2.42 bits per heavy atom. The van der Waals surface area contributed by atoms with Crippen LogP contribution >= 0.6 is 12.2 Å². The predicted molar refractivity (Wildman–Crippen MR) is 71.3 cm³/mol. The summed E-state index contributed by atoms with van der Waals surface area (Å²) in [6.07, 6.45) is 0. The van der Waals surface area contributed by atoms with Gasteiger partial charge in [0.15, 0.2) is 0 Å². The number of nitrogens with two attached hydrogens (primary N) is 1. The molecule has 2 rings (SSSR count). The van der Waals surface area contributed by atoms with Gasteiger partial charge >= 0.3 is 0 Å². The first-order valence-electron chi connectivity index (χ1n) is 5.37. The molecule has 2 aromatic rings. The minimum Gasteiger partial charge on any atom is -0.438 e. The van der Waals surface area contributed by atoms with Gasteiger partial charge in [-0.2, -0.15) is 0 Å². The van der Waals surface area contributed by atoms with Crippen LogP contribution in [0.2, 0.25) is 0 Å². The second kappa shape index (κ2) is 5.27. The highest BCUT2D eigenvalue weighted by Crippen LogP contribution is 2.25. The Morgan fingerprint density at radius 2 is 1.84 bits per heavy atom. The number of benzene rings is 1. The molecule has 0 radical (unpaired) electrons. The zero-order valence-corrected chi connectivity index (χ0v) is 10.8. The molecule has 1 heterocycles. The normalized spacial score (nSPS) is 10.3. The second-order valence-corrected chi connectivity index (χ2v) is 4.32. The van der Waals surface area contributed by atoms with Crippen LogP contribution in [0.4, 0.5) is 8.78 Å². The van der Waals surface area contributed by atoms with Crippen molar-refractivity contribution >= 4 is 17.2 Å². The van der Waals surface area contributed by atoms with E-state index in [0.717, 1.165) is 18.2 Å². The van der Waals surface area contributed by atoms with Crippen molar-refractivity contribution in [1.29, 1.82) is 0 Å². The van der Waals surface area contributed by atoms with Crippen LogP contribution in [0.1, 0.15) is 11.3 Å². The first-order chi connectivity index (χ1) is 8.95. The summed E-state index contributed by atoms with van der Waals surface area (Å²) < 4.78 is 31.5. The summed E-state index contributed by atoms with van der Waals surface area (Å²) in [4.78, 5) is 4.21. The molecule has 1 aromatic carbocycles. The fraction of sp³-hybridized carbons (Fsp3) is 0.0769. The van der Waals surface area contributed by atoms with Crippen molar-refractivity contribution in [3.63, 3.8) is 0 Å². The third kappa shape index (κ3) is 3.23. The van der Waals surface area contributed by atoms with Crippen LogP contribution in [-0.4, -0.2) is 9.97 Å². The summed E-state index contributed by atoms with van der Waals surface area (Å²) in [6, 6.07) is 6.22. The molecule has 98 valence electrons. The van der Waals surface area contributed by atoms with E-state index < -0.39 is 11.6 Å². The standard InChI is InChI=1S/C13H10F2N2OS/c1-7-2-3-11(12(16)19)13(17-7)18-10-5-8(14)4-9(15)6-10/h2-6H,1H3,(H2,16,19). The van der Waals surface area contributed by atoms with Gasteiger partial charge in [-0.25, -0.2) is 13.8 Å². The van der Waals surface area contributed by atoms with Crippen LogP contribution in [0.3, 0.4) is 0 Å². The molecule has 3 nitrogen and oxygen atoms in total. The highest BCUT2D eigenvalue weighted by atomic mass is 32.1. The highest BCUT2D eigenvalue weighted by Gasteiger charge is 2.11. The Hall–Kier alpha value is -2.08. The smallest absolute Gasteiger partial charge is 0.229 e. The number of hydrogen-bond acceptors (Lipinski definition) is 3. The summed E-state index contributed by atoms with van der Waals surface area (Å²) in [6.45, 7) is 1.75. The molecule has 0 aliphatic heterocycles. The van der Waals surface area contributed by atoms with Crippen molar-refractivity contribution < 1.29 is 13.5 Å². The zero-order chi connectivity index (χ0) is 14.0. The van der Waals surface area contributed by atoms with Gasteiger partial charge in [-0.05, 0) is 19.1 Å². The van der Waals surface area contributed by atoms with E-state index in [9.17, 15) is 8.78 Å². The molecule has 0 bridgehead atoms. The highest BCUT2D eigenvalue weighted by molar-refractivity contribution is 7.80.